The molecule has 1 aromatic carbocycles. The second-order valence-corrected chi connectivity index (χ2v) is 3.77. The molecule has 2 N–H and O–H groups in total. The molecule has 7 nitrogen and oxygen atoms in total. The van der Waals surface area contributed by atoms with Crippen molar-refractivity contribution in [1.82, 2.24) is 5.32 Å². The van der Waals surface area contributed by atoms with E-state index >= 15 is 0 Å². The van der Waals surface area contributed by atoms with Crippen LogP contribution in [-0.4, -0.2) is 30.5 Å². The molecule has 21 heavy (non-hydrogen) atoms. The van der Waals surface area contributed by atoms with Crippen LogP contribution >= 0.6 is 0 Å². The Morgan fingerprint density at radius 1 is 1.48 bits per heavy atom. The largest absolute Gasteiger partial charge is 0.573 e. The van der Waals surface area contributed by atoms with Gasteiger partial charge in [0, 0.05) is 23.6 Å². The van der Waals surface area contributed by atoms with E-state index in [1.54, 1.807) is 0 Å². The van der Waals surface area contributed by atoms with Crippen LogP contribution in [0.2, 0.25) is 0 Å². The number of rotatable bonds is 7. The number of halogens is 3. The van der Waals surface area contributed by atoms with Crippen LogP contribution in [0.15, 0.2) is 29.4 Å². The average molecular weight is 304 g/mol. The van der Waals surface area contributed by atoms with Gasteiger partial charge in [-0.3, -0.25) is 4.79 Å². The normalized spacial score (nSPS) is 12.3. The van der Waals surface area contributed by atoms with Crippen LogP contribution in [0.25, 0.3) is 10.4 Å². The summed E-state index contributed by atoms with van der Waals surface area (Å²) in [5, 5.41) is 14.8. The monoisotopic (exact) mass is 304 g/mol. The zero-order valence-electron chi connectivity index (χ0n) is 10.5. The van der Waals surface area contributed by atoms with E-state index in [-0.39, 0.29) is 18.7 Å². The van der Waals surface area contributed by atoms with Crippen LogP contribution in [0.3, 0.4) is 0 Å². The van der Waals surface area contributed by atoms with Crippen LogP contribution in [0.5, 0.6) is 5.75 Å². The number of para-hydroxylation sites is 1. The van der Waals surface area contributed by atoms with Gasteiger partial charge in [0.05, 0.1) is 0 Å². The fraction of sp³-hybridized carbons (Fsp3) is 0.364. The smallest absolute Gasteiger partial charge is 0.480 e. The minimum Gasteiger partial charge on any atom is -0.480 e. The fourth-order valence-electron chi connectivity index (χ4n) is 1.57. The van der Waals surface area contributed by atoms with E-state index in [4.69, 9.17) is 10.6 Å². The molecular weight excluding hydrogens is 293 g/mol. The predicted octanol–water partition coefficient (Wildman–Crippen LogP) is 2.61. The molecule has 0 fully saturated rings. The number of nitrogens with one attached hydrogen (secondary N) is 1. The number of ether oxygens (including phenoxy) is 1. The maximum atomic E-state index is 12.3. The van der Waals surface area contributed by atoms with Gasteiger partial charge < -0.3 is 15.2 Å². The van der Waals surface area contributed by atoms with Gasteiger partial charge in [-0.15, -0.1) is 13.2 Å². The van der Waals surface area contributed by atoms with E-state index < -0.39 is 24.1 Å². The molecule has 10 heteroatoms. The first kappa shape index (κ1) is 16.6. The van der Waals surface area contributed by atoms with Crippen LogP contribution in [0.4, 0.5) is 13.2 Å². The molecule has 1 unspecified atom stereocenters. The molecule has 0 bridgehead atoms. The Morgan fingerprint density at radius 3 is 2.71 bits per heavy atom. The topological polar surface area (TPSA) is 107 Å². The third-order valence-corrected chi connectivity index (χ3v) is 2.33. The lowest BCUT2D eigenvalue weighted by Gasteiger charge is -2.18. The number of carbonyl (C=O) groups is 1. The van der Waals surface area contributed by atoms with Gasteiger partial charge in [-0.2, -0.15) is 0 Å². The molecule has 0 saturated carbocycles. The van der Waals surface area contributed by atoms with Crippen molar-refractivity contribution >= 4 is 5.97 Å². The summed E-state index contributed by atoms with van der Waals surface area (Å²) in [6, 6.07) is 3.50. The van der Waals surface area contributed by atoms with Crippen LogP contribution < -0.4 is 10.1 Å². The maximum absolute atomic E-state index is 12.3. The number of hydrogen-bond acceptors (Lipinski definition) is 4. The molecule has 0 aliphatic rings. The Balaban J connectivity index is 2.97. The van der Waals surface area contributed by atoms with Crippen LogP contribution in [-0.2, 0) is 4.79 Å². The molecule has 0 saturated heterocycles. The molecule has 0 aromatic heterocycles. The van der Waals surface area contributed by atoms with Crippen molar-refractivity contribution in [2.75, 3.05) is 13.1 Å². The lowest BCUT2D eigenvalue weighted by atomic mass is 10.1. The Bertz CT molecular complexity index is 544. The van der Waals surface area contributed by atoms with Gasteiger partial charge in [-0.1, -0.05) is 23.3 Å². The van der Waals surface area contributed by atoms with Crippen molar-refractivity contribution in [3.05, 3.63) is 40.3 Å². The van der Waals surface area contributed by atoms with Crippen LogP contribution in [0, 0.1) is 0 Å². The standard InChI is InChI=1S/C11H11F3N4O3/c12-11(13,14)21-8-4-2-1-3-7(8)9(10(19)20)16-5-6-17-18-15/h1-4,9,16H,5-6H2,(H,19,20). The third kappa shape index (κ3) is 5.59. The molecule has 1 rings (SSSR count). The third-order valence-electron chi connectivity index (χ3n) is 2.33. The highest BCUT2D eigenvalue weighted by atomic mass is 19.4. The summed E-state index contributed by atoms with van der Waals surface area (Å²) in [7, 11) is 0. The molecule has 0 aliphatic carbocycles. The van der Waals surface area contributed by atoms with Crippen molar-refractivity contribution in [1.29, 1.82) is 0 Å². The molecule has 1 aromatic rings. The molecule has 0 radical (unpaired) electrons. The highest BCUT2D eigenvalue weighted by Gasteiger charge is 2.33. The number of nitrogens with zero attached hydrogens (tertiary/aromatic N) is 3. The molecule has 1 atom stereocenters. The second kappa shape index (κ2) is 7.36. The summed E-state index contributed by atoms with van der Waals surface area (Å²) in [5.74, 6) is -1.98. The van der Waals surface area contributed by atoms with Gasteiger partial charge in [0.2, 0.25) is 0 Å². The van der Waals surface area contributed by atoms with Crippen molar-refractivity contribution < 1.29 is 27.8 Å². The maximum Gasteiger partial charge on any atom is 0.573 e. The van der Waals surface area contributed by atoms with Crippen molar-refractivity contribution in [2.45, 2.75) is 12.4 Å². The lowest BCUT2D eigenvalue weighted by molar-refractivity contribution is -0.275. The average Bonchev–Trinajstić information content (AvgIpc) is 2.38. The molecule has 0 spiro atoms. The SMILES string of the molecule is [N-]=[N+]=NCCNC(C(=O)O)c1ccccc1OC(F)(F)F. The predicted molar refractivity (Wildman–Crippen MR) is 65.5 cm³/mol. The van der Waals surface area contributed by atoms with Gasteiger partial charge in [0.25, 0.3) is 0 Å². The molecule has 0 amide bonds. The van der Waals surface area contributed by atoms with Gasteiger partial charge >= 0.3 is 12.3 Å². The first-order valence-electron chi connectivity index (χ1n) is 5.67. The second-order valence-electron chi connectivity index (χ2n) is 3.77. The summed E-state index contributed by atoms with van der Waals surface area (Å²) in [4.78, 5) is 13.7. The fourth-order valence-corrected chi connectivity index (χ4v) is 1.57. The van der Waals surface area contributed by atoms with E-state index in [1.165, 1.54) is 18.2 Å². The molecule has 0 aliphatic heterocycles. The number of azide groups is 1. The molecule has 0 heterocycles. The van der Waals surface area contributed by atoms with E-state index in [2.05, 4.69) is 20.1 Å². The summed E-state index contributed by atoms with van der Waals surface area (Å²) in [6.45, 7) is -0.0516. The summed E-state index contributed by atoms with van der Waals surface area (Å²) in [5.41, 5.74) is 7.92. The number of alkyl halides is 3. The Kier molecular flexibility index (Phi) is 5.82. The van der Waals surface area contributed by atoms with Gasteiger partial charge in [0.1, 0.15) is 11.8 Å². The van der Waals surface area contributed by atoms with Gasteiger partial charge in [-0.05, 0) is 11.6 Å². The highest BCUT2D eigenvalue weighted by molar-refractivity contribution is 5.76. The number of carboxylic acid groups (broad SMARTS) is 1. The number of benzene rings is 1. The molecule has 114 valence electrons. The summed E-state index contributed by atoms with van der Waals surface area (Å²) >= 11 is 0. The summed E-state index contributed by atoms with van der Waals surface area (Å²) < 4.78 is 40.7. The summed E-state index contributed by atoms with van der Waals surface area (Å²) in [6.07, 6.45) is -4.93. The van der Waals surface area contributed by atoms with E-state index in [0.29, 0.717) is 0 Å². The molecular formula is C11H11F3N4O3. The van der Waals surface area contributed by atoms with Crippen molar-refractivity contribution in [3.63, 3.8) is 0 Å². The van der Waals surface area contributed by atoms with E-state index in [1.807, 2.05) is 0 Å². The zero-order valence-corrected chi connectivity index (χ0v) is 10.5. The first-order valence-corrected chi connectivity index (χ1v) is 5.67. The number of hydrogen-bond donors (Lipinski definition) is 2. The lowest BCUT2D eigenvalue weighted by Crippen LogP contribution is -2.31. The Hall–Kier alpha value is -2.45. The van der Waals surface area contributed by atoms with Gasteiger partial charge in [0.15, 0.2) is 0 Å². The van der Waals surface area contributed by atoms with Crippen molar-refractivity contribution in [2.24, 2.45) is 5.11 Å². The van der Waals surface area contributed by atoms with E-state index in [9.17, 15) is 18.0 Å². The number of aliphatic carboxylic acids is 1. The Labute approximate surface area is 117 Å². The number of carboxylic acids is 1. The quantitative estimate of drug-likeness (QED) is 0.349. The first-order chi connectivity index (χ1) is 9.85. The highest BCUT2D eigenvalue weighted by Crippen LogP contribution is 2.30. The zero-order chi connectivity index (χ0) is 15.9. The van der Waals surface area contributed by atoms with Crippen molar-refractivity contribution in [3.8, 4) is 5.75 Å². The Morgan fingerprint density at radius 2 is 2.14 bits per heavy atom. The minimum atomic E-state index is -4.93. The van der Waals surface area contributed by atoms with E-state index in [0.717, 1.165) is 6.07 Å². The van der Waals surface area contributed by atoms with Crippen LogP contribution in [0.1, 0.15) is 11.6 Å². The van der Waals surface area contributed by atoms with Gasteiger partial charge in [-0.25, -0.2) is 0 Å². The minimum absolute atomic E-state index is 0.0125.